The molecule has 0 amide bonds. The zero-order valence-corrected chi connectivity index (χ0v) is 30.6. The number of pyridine rings is 1. The summed E-state index contributed by atoms with van der Waals surface area (Å²) in [5.41, 5.74) is 6.51. The Morgan fingerprint density at radius 1 is 0.860 bits per heavy atom. The van der Waals surface area contributed by atoms with Crippen molar-refractivity contribution in [3.8, 4) is 11.3 Å². The normalized spacial score (nSPS) is 12.5. The number of carbonyl (C=O) groups excluding carboxylic acids is 1. The number of allylic oxidation sites excluding steroid dienone is 2. The van der Waals surface area contributed by atoms with Gasteiger partial charge in [0, 0.05) is 43.2 Å². The van der Waals surface area contributed by atoms with Crippen LogP contribution < -0.4 is 0 Å². The van der Waals surface area contributed by atoms with E-state index in [2.05, 4.69) is 90.1 Å². The van der Waals surface area contributed by atoms with Gasteiger partial charge >= 0.3 is 0 Å². The van der Waals surface area contributed by atoms with Crippen molar-refractivity contribution in [2.24, 2.45) is 10.8 Å². The van der Waals surface area contributed by atoms with E-state index in [1.807, 2.05) is 47.7 Å². The zero-order valence-electron chi connectivity index (χ0n) is 28.2. The van der Waals surface area contributed by atoms with Crippen molar-refractivity contribution in [1.29, 1.82) is 0 Å². The van der Waals surface area contributed by atoms with Crippen molar-refractivity contribution in [2.45, 2.75) is 101 Å². The summed E-state index contributed by atoms with van der Waals surface area (Å²) < 4.78 is 0. The fourth-order valence-electron chi connectivity index (χ4n) is 4.77. The van der Waals surface area contributed by atoms with Gasteiger partial charge in [0.25, 0.3) is 0 Å². The number of aromatic nitrogens is 1. The monoisotopic (exact) mass is 757 g/mol. The molecule has 1 aromatic heterocycles. The minimum absolute atomic E-state index is 0. The van der Waals surface area contributed by atoms with E-state index in [9.17, 15) is 9.90 Å². The molecule has 4 aromatic rings. The predicted octanol–water partition coefficient (Wildman–Crippen LogP) is 10.9. The SMILES string of the molecule is CCC(C)(C)C(=O)/C=C(\O)C(C)(C)CC.Cc1[c-]c(-c2ncc(C)c3ccc4cc(C(C)(C)C)ccc4c23)cc(C)c1.[Ir]. The maximum atomic E-state index is 11.8. The van der Waals surface area contributed by atoms with E-state index in [0.29, 0.717) is 0 Å². The fraction of sp³-hybridized carbons (Fsp3) is 0.436. The maximum absolute atomic E-state index is 11.8. The topological polar surface area (TPSA) is 50.2 Å². The molecule has 1 heterocycles. The average Bonchev–Trinajstić information content (AvgIpc) is 2.92. The molecule has 0 unspecified atom stereocenters. The molecule has 0 bridgehead atoms. The first-order valence-electron chi connectivity index (χ1n) is 15.2. The number of nitrogens with zero attached hydrogens (tertiary/aromatic N) is 1. The number of hydrogen-bond donors (Lipinski definition) is 1. The Hall–Kier alpha value is -2.81. The molecule has 0 aliphatic heterocycles. The van der Waals surface area contributed by atoms with E-state index < -0.39 is 0 Å². The van der Waals surface area contributed by atoms with Gasteiger partial charge in [0.1, 0.15) is 5.76 Å². The van der Waals surface area contributed by atoms with Crippen LogP contribution in [-0.4, -0.2) is 15.9 Å². The third-order valence-corrected chi connectivity index (χ3v) is 8.73. The van der Waals surface area contributed by atoms with E-state index >= 15 is 0 Å². The Kier molecular flexibility index (Phi) is 11.7. The van der Waals surface area contributed by atoms with Crippen molar-refractivity contribution in [3.05, 3.63) is 88.8 Å². The molecule has 43 heavy (non-hydrogen) atoms. The van der Waals surface area contributed by atoms with Crippen LogP contribution in [0.1, 0.15) is 97.4 Å². The van der Waals surface area contributed by atoms with Crippen molar-refractivity contribution >= 4 is 27.3 Å². The molecular weight excluding hydrogens is 707 g/mol. The van der Waals surface area contributed by atoms with Gasteiger partial charge in [0.15, 0.2) is 5.78 Å². The second kappa shape index (κ2) is 13.9. The Labute approximate surface area is 273 Å². The van der Waals surface area contributed by atoms with E-state index in [1.165, 1.54) is 44.3 Å². The van der Waals surface area contributed by atoms with Crippen molar-refractivity contribution in [1.82, 2.24) is 4.98 Å². The second-order valence-electron chi connectivity index (χ2n) is 14.1. The third kappa shape index (κ3) is 8.43. The van der Waals surface area contributed by atoms with Gasteiger partial charge in [-0.15, -0.1) is 34.9 Å². The summed E-state index contributed by atoms with van der Waals surface area (Å²) in [6.07, 6.45) is 4.98. The summed E-state index contributed by atoms with van der Waals surface area (Å²) in [6, 6.07) is 19.2. The Morgan fingerprint density at radius 2 is 1.47 bits per heavy atom. The summed E-state index contributed by atoms with van der Waals surface area (Å²) in [7, 11) is 0. The molecule has 0 aliphatic carbocycles. The number of ketones is 1. The molecule has 0 spiro atoms. The molecule has 0 atom stereocenters. The number of hydrogen-bond acceptors (Lipinski definition) is 3. The molecular formula is C39H50IrNO2-. The van der Waals surface area contributed by atoms with E-state index in [0.717, 1.165) is 29.7 Å². The second-order valence-corrected chi connectivity index (χ2v) is 14.1. The van der Waals surface area contributed by atoms with Gasteiger partial charge in [-0.05, 0) is 63.5 Å². The Bertz CT molecular complexity index is 1620. The number of fused-ring (bicyclic) bond motifs is 3. The van der Waals surface area contributed by atoms with E-state index in [4.69, 9.17) is 4.98 Å². The third-order valence-electron chi connectivity index (χ3n) is 8.73. The van der Waals surface area contributed by atoms with Gasteiger partial charge in [0.05, 0.1) is 0 Å². The number of rotatable bonds is 6. The molecule has 0 saturated heterocycles. The molecule has 1 N–H and O–H groups in total. The quantitative estimate of drug-likeness (QED) is 0.0922. The van der Waals surface area contributed by atoms with E-state index in [-0.39, 0.29) is 47.9 Å². The minimum Gasteiger partial charge on any atom is -0.512 e. The first-order chi connectivity index (χ1) is 19.4. The minimum atomic E-state index is -0.377. The number of aliphatic hydroxyl groups is 1. The molecule has 1 radical (unpaired) electrons. The molecule has 3 nitrogen and oxygen atoms in total. The van der Waals surface area contributed by atoms with Crippen LogP contribution in [0.2, 0.25) is 0 Å². The summed E-state index contributed by atoms with van der Waals surface area (Å²) >= 11 is 0. The Morgan fingerprint density at radius 3 is 2.02 bits per heavy atom. The van der Waals surface area contributed by atoms with Gasteiger partial charge in [-0.1, -0.05) is 106 Å². The van der Waals surface area contributed by atoms with Gasteiger partial charge in [-0.25, -0.2) is 0 Å². The van der Waals surface area contributed by atoms with Crippen molar-refractivity contribution in [2.75, 3.05) is 0 Å². The number of benzene rings is 3. The predicted molar refractivity (Wildman–Crippen MR) is 180 cm³/mol. The van der Waals surface area contributed by atoms with Crippen LogP contribution in [0.15, 0.2) is 60.5 Å². The van der Waals surface area contributed by atoms with Gasteiger partial charge in [0.2, 0.25) is 0 Å². The van der Waals surface area contributed by atoms with Crippen LogP contribution in [0.3, 0.4) is 0 Å². The number of aliphatic hydroxyl groups excluding tert-OH is 1. The maximum Gasteiger partial charge on any atom is 0.164 e. The Balaban J connectivity index is 0.000000348. The molecule has 3 aromatic carbocycles. The van der Waals surface area contributed by atoms with Crippen LogP contribution in [-0.2, 0) is 30.3 Å². The fourth-order valence-corrected chi connectivity index (χ4v) is 4.77. The molecule has 0 saturated carbocycles. The smallest absolute Gasteiger partial charge is 0.164 e. The molecule has 4 heteroatoms. The largest absolute Gasteiger partial charge is 0.512 e. The summed E-state index contributed by atoms with van der Waals surface area (Å²) in [5, 5.41) is 14.9. The van der Waals surface area contributed by atoms with Gasteiger partial charge in [-0.2, -0.15) is 0 Å². The van der Waals surface area contributed by atoms with Crippen molar-refractivity contribution in [3.63, 3.8) is 0 Å². The van der Waals surface area contributed by atoms with Crippen molar-refractivity contribution < 1.29 is 30.0 Å². The number of aryl methyl sites for hydroxylation is 3. The standard InChI is InChI=1S/C26H26N.C13H24O2.Ir/c1-16-11-17(2)13-20(12-16)25-24-22(18(3)15-27-25)9-7-19-14-21(26(4,5)6)8-10-23(19)24;1-7-12(3,4)10(14)9-11(15)13(5,6)8-2;/h7-12,14-15H,1-6H3;9,14H,7-8H2,1-6H3;/q-1;;/b;10-9-;. The van der Waals surface area contributed by atoms with Crippen LogP contribution in [0, 0.1) is 37.7 Å². The molecule has 4 rings (SSSR count). The van der Waals surface area contributed by atoms with Gasteiger partial charge in [-0.3, -0.25) is 4.79 Å². The average molecular weight is 757 g/mol. The molecule has 0 aliphatic rings. The van der Waals surface area contributed by atoms with Gasteiger partial charge < -0.3 is 10.1 Å². The molecule has 233 valence electrons. The van der Waals surface area contributed by atoms with Crippen LogP contribution in [0.4, 0.5) is 0 Å². The van der Waals surface area contributed by atoms with Crippen LogP contribution >= 0.6 is 0 Å². The first-order valence-corrected chi connectivity index (χ1v) is 15.2. The zero-order chi connectivity index (χ0) is 31.6. The van der Waals surface area contributed by atoms with Crippen LogP contribution in [0.5, 0.6) is 0 Å². The number of carbonyl (C=O) groups is 1. The molecule has 0 fully saturated rings. The van der Waals surface area contributed by atoms with E-state index in [1.54, 1.807) is 0 Å². The summed E-state index contributed by atoms with van der Waals surface area (Å²) in [4.78, 5) is 16.7. The van der Waals surface area contributed by atoms with Crippen LogP contribution in [0.25, 0.3) is 32.8 Å². The summed E-state index contributed by atoms with van der Waals surface area (Å²) in [5.74, 6) is 0.195. The first kappa shape index (κ1) is 36.4. The summed E-state index contributed by atoms with van der Waals surface area (Å²) in [6.45, 7) is 24.8.